The van der Waals surface area contributed by atoms with Gasteiger partial charge in [0.1, 0.15) is 11.6 Å². The zero-order valence-electron chi connectivity index (χ0n) is 10.5. The molecular formula is C14H16BrFO2. The molecule has 1 fully saturated rings. The maximum atomic E-state index is 13.4. The van der Waals surface area contributed by atoms with Gasteiger partial charge in [-0.1, -0.05) is 13.3 Å². The molecule has 0 bridgehead atoms. The third-order valence-electron chi connectivity index (χ3n) is 3.71. The van der Waals surface area contributed by atoms with Crippen LogP contribution >= 0.6 is 15.9 Å². The van der Waals surface area contributed by atoms with Gasteiger partial charge in [0, 0.05) is 12.0 Å². The Labute approximate surface area is 115 Å². The summed E-state index contributed by atoms with van der Waals surface area (Å²) < 4.78 is 18.8. The summed E-state index contributed by atoms with van der Waals surface area (Å²) in [5.74, 6) is 0.405. The molecule has 0 aromatic heterocycles. The van der Waals surface area contributed by atoms with Crippen molar-refractivity contribution in [2.75, 3.05) is 7.11 Å². The molecule has 2 nitrogen and oxygen atoms in total. The van der Waals surface area contributed by atoms with E-state index in [2.05, 4.69) is 22.9 Å². The number of ketones is 1. The molecule has 1 aliphatic carbocycles. The van der Waals surface area contributed by atoms with Gasteiger partial charge in [-0.3, -0.25) is 4.79 Å². The Balaban J connectivity index is 2.37. The highest BCUT2D eigenvalue weighted by atomic mass is 79.9. The number of ether oxygens (including phenoxy) is 1. The first-order valence-electron chi connectivity index (χ1n) is 6.12. The molecule has 98 valence electrons. The van der Waals surface area contributed by atoms with Crippen molar-refractivity contribution in [3.8, 4) is 5.75 Å². The van der Waals surface area contributed by atoms with Crippen LogP contribution in [0, 0.1) is 17.7 Å². The zero-order valence-corrected chi connectivity index (χ0v) is 12.1. The number of benzene rings is 1. The average Bonchev–Trinajstić information content (AvgIpc) is 2.77. The van der Waals surface area contributed by atoms with E-state index in [-0.39, 0.29) is 11.7 Å². The lowest BCUT2D eigenvalue weighted by Gasteiger charge is -2.16. The van der Waals surface area contributed by atoms with Crippen LogP contribution in [0.5, 0.6) is 5.75 Å². The van der Waals surface area contributed by atoms with Gasteiger partial charge in [0.2, 0.25) is 0 Å². The summed E-state index contributed by atoms with van der Waals surface area (Å²) in [4.78, 5) is 12.5. The summed E-state index contributed by atoms with van der Waals surface area (Å²) in [7, 11) is 1.46. The van der Waals surface area contributed by atoms with Crippen molar-refractivity contribution in [2.45, 2.75) is 26.2 Å². The summed E-state index contributed by atoms with van der Waals surface area (Å²) in [6.45, 7) is 2.10. The molecule has 0 spiro atoms. The minimum absolute atomic E-state index is 0.0382. The lowest BCUT2D eigenvalue weighted by molar-refractivity contribution is 0.0894. The molecule has 0 amide bonds. The summed E-state index contributed by atoms with van der Waals surface area (Å²) in [6.07, 6.45) is 3.08. The number of Topliss-reactive ketones (excluding diaryl/α,β-unsaturated/α-hetero) is 1. The van der Waals surface area contributed by atoms with Gasteiger partial charge in [-0.25, -0.2) is 4.39 Å². The second kappa shape index (κ2) is 5.39. The van der Waals surface area contributed by atoms with Crippen LogP contribution in [0.2, 0.25) is 0 Å². The van der Waals surface area contributed by atoms with Crippen molar-refractivity contribution in [1.82, 2.24) is 0 Å². The molecule has 2 rings (SSSR count). The molecule has 1 saturated carbocycles. The summed E-state index contributed by atoms with van der Waals surface area (Å²) in [5, 5.41) is 0. The second-order valence-corrected chi connectivity index (χ2v) is 5.70. The second-order valence-electron chi connectivity index (χ2n) is 4.85. The highest BCUT2D eigenvalue weighted by Gasteiger charge is 2.32. The molecule has 4 heteroatoms. The first-order valence-corrected chi connectivity index (χ1v) is 6.91. The fourth-order valence-corrected chi connectivity index (χ4v) is 2.97. The maximum Gasteiger partial charge on any atom is 0.169 e. The number of hydrogen-bond acceptors (Lipinski definition) is 2. The minimum Gasteiger partial charge on any atom is -0.496 e. The molecule has 1 aromatic rings. The quantitative estimate of drug-likeness (QED) is 0.781. The van der Waals surface area contributed by atoms with Gasteiger partial charge in [0.15, 0.2) is 5.78 Å². The Morgan fingerprint density at radius 2 is 2.17 bits per heavy atom. The van der Waals surface area contributed by atoms with Crippen molar-refractivity contribution < 1.29 is 13.9 Å². The monoisotopic (exact) mass is 314 g/mol. The van der Waals surface area contributed by atoms with E-state index >= 15 is 0 Å². The number of methoxy groups -OCH3 is 1. The maximum absolute atomic E-state index is 13.4. The van der Waals surface area contributed by atoms with Crippen LogP contribution in [0.1, 0.15) is 36.5 Å². The van der Waals surface area contributed by atoms with E-state index in [0.717, 1.165) is 19.3 Å². The zero-order chi connectivity index (χ0) is 13.3. The van der Waals surface area contributed by atoms with Crippen molar-refractivity contribution >= 4 is 21.7 Å². The number of rotatable bonds is 3. The van der Waals surface area contributed by atoms with Crippen LogP contribution in [0.25, 0.3) is 0 Å². The topological polar surface area (TPSA) is 26.3 Å². The third-order valence-corrected chi connectivity index (χ3v) is 4.31. The largest absolute Gasteiger partial charge is 0.496 e. The van der Waals surface area contributed by atoms with Crippen molar-refractivity contribution in [3.05, 3.63) is 28.0 Å². The van der Waals surface area contributed by atoms with Gasteiger partial charge >= 0.3 is 0 Å². The molecule has 0 saturated heterocycles. The van der Waals surface area contributed by atoms with E-state index in [9.17, 15) is 9.18 Å². The predicted octanol–water partition coefficient (Wildman–Crippen LogP) is 4.22. The normalized spacial score (nSPS) is 23.1. The van der Waals surface area contributed by atoms with E-state index in [1.165, 1.54) is 19.2 Å². The molecule has 0 N–H and O–H groups in total. The fraction of sp³-hybridized carbons (Fsp3) is 0.500. The molecule has 0 heterocycles. The molecule has 2 unspecified atom stereocenters. The van der Waals surface area contributed by atoms with Gasteiger partial charge in [0.25, 0.3) is 0 Å². The number of carbonyl (C=O) groups excluding carboxylic acids is 1. The minimum atomic E-state index is -0.414. The van der Waals surface area contributed by atoms with Gasteiger partial charge in [-0.2, -0.15) is 0 Å². The molecule has 18 heavy (non-hydrogen) atoms. The van der Waals surface area contributed by atoms with Crippen molar-refractivity contribution in [1.29, 1.82) is 0 Å². The standard InChI is InChI=1S/C14H16BrFO2/c1-8-4-3-5-9(8)14(17)10-6-11(15)12(16)7-13(10)18-2/h6-9H,3-5H2,1-2H3. The van der Waals surface area contributed by atoms with Gasteiger partial charge in [0.05, 0.1) is 17.1 Å². The van der Waals surface area contributed by atoms with Crippen LogP contribution in [0.4, 0.5) is 4.39 Å². The van der Waals surface area contributed by atoms with Crippen LogP contribution in [-0.2, 0) is 0 Å². The Morgan fingerprint density at radius 3 is 2.72 bits per heavy atom. The van der Waals surface area contributed by atoms with E-state index in [0.29, 0.717) is 21.7 Å². The summed E-state index contributed by atoms with van der Waals surface area (Å²) in [6, 6.07) is 2.79. The predicted molar refractivity (Wildman–Crippen MR) is 71.5 cm³/mol. The summed E-state index contributed by atoms with van der Waals surface area (Å²) >= 11 is 3.12. The van der Waals surface area contributed by atoms with Gasteiger partial charge < -0.3 is 4.74 Å². The van der Waals surface area contributed by atoms with Crippen LogP contribution in [0.15, 0.2) is 16.6 Å². The lowest BCUT2D eigenvalue weighted by atomic mass is 9.89. The van der Waals surface area contributed by atoms with Crippen LogP contribution in [0.3, 0.4) is 0 Å². The highest BCUT2D eigenvalue weighted by Crippen LogP contribution is 2.36. The number of carbonyl (C=O) groups is 1. The smallest absolute Gasteiger partial charge is 0.169 e. The van der Waals surface area contributed by atoms with E-state index < -0.39 is 5.82 Å². The Hall–Kier alpha value is -0.900. The number of hydrogen-bond donors (Lipinski definition) is 0. The van der Waals surface area contributed by atoms with Crippen molar-refractivity contribution in [2.24, 2.45) is 11.8 Å². The summed E-state index contributed by atoms with van der Waals surface area (Å²) in [5.41, 5.74) is 0.476. The van der Waals surface area contributed by atoms with Crippen LogP contribution < -0.4 is 4.74 Å². The molecule has 1 aromatic carbocycles. The van der Waals surface area contributed by atoms with E-state index in [4.69, 9.17) is 4.74 Å². The van der Waals surface area contributed by atoms with Gasteiger partial charge in [-0.15, -0.1) is 0 Å². The fourth-order valence-electron chi connectivity index (χ4n) is 2.62. The molecule has 1 aliphatic rings. The Morgan fingerprint density at radius 1 is 1.44 bits per heavy atom. The third kappa shape index (κ3) is 2.44. The lowest BCUT2D eigenvalue weighted by Crippen LogP contribution is -2.18. The highest BCUT2D eigenvalue weighted by molar-refractivity contribution is 9.10. The average molecular weight is 315 g/mol. The molecule has 0 aliphatic heterocycles. The van der Waals surface area contributed by atoms with Gasteiger partial charge in [-0.05, 0) is 40.8 Å². The molecule has 0 radical (unpaired) electrons. The first kappa shape index (κ1) is 13.5. The number of halogens is 2. The van der Waals surface area contributed by atoms with E-state index in [1.54, 1.807) is 0 Å². The Bertz CT molecular complexity index is 473. The Kier molecular flexibility index (Phi) is 4.05. The molecular weight excluding hydrogens is 299 g/mol. The SMILES string of the molecule is COc1cc(F)c(Br)cc1C(=O)C1CCCC1C. The van der Waals surface area contributed by atoms with E-state index in [1.807, 2.05) is 0 Å². The first-order chi connectivity index (χ1) is 8.54. The van der Waals surface area contributed by atoms with Crippen LogP contribution in [-0.4, -0.2) is 12.9 Å². The van der Waals surface area contributed by atoms with Crippen molar-refractivity contribution in [3.63, 3.8) is 0 Å². The molecule has 2 atom stereocenters.